The molecule has 0 fully saturated rings. The van der Waals surface area contributed by atoms with Crippen LogP contribution in [0, 0.1) is 6.92 Å². The van der Waals surface area contributed by atoms with Gasteiger partial charge in [-0.1, -0.05) is 6.07 Å². The number of rotatable bonds is 9. The van der Waals surface area contributed by atoms with Gasteiger partial charge in [0.1, 0.15) is 10.6 Å². The molecule has 8 nitrogen and oxygen atoms in total. The second-order valence-corrected chi connectivity index (χ2v) is 7.62. The van der Waals surface area contributed by atoms with Gasteiger partial charge in [0.25, 0.3) is 0 Å². The van der Waals surface area contributed by atoms with Crippen LogP contribution in [0.15, 0.2) is 41.8 Å². The lowest BCUT2D eigenvalue weighted by Gasteiger charge is -2.16. The quantitative estimate of drug-likeness (QED) is 0.634. The van der Waals surface area contributed by atoms with Gasteiger partial charge in [0, 0.05) is 25.5 Å². The van der Waals surface area contributed by atoms with E-state index in [-0.39, 0.29) is 16.6 Å². The number of carbonyl (C=O) groups is 1. The van der Waals surface area contributed by atoms with Gasteiger partial charge in [-0.25, -0.2) is 13.4 Å². The maximum absolute atomic E-state index is 12.6. The lowest BCUT2D eigenvalue weighted by Crippen LogP contribution is -2.45. The van der Waals surface area contributed by atoms with Gasteiger partial charge in [-0.15, -0.1) is 0 Å². The molecule has 1 amide bonds. The number of hydrogen-bond acceptors (Lipinski definition) is 5. The number of aromatic nitrogens is 2. The SMILES string of the molecule is COc1ccc(C)cc1S(=O)(=O)N[C@H](C)C(=O)NCCCn1ccnc1. The van der Waals surface area contributed by atoms with Gasteiger partial charge in [0.05, 0.1) is 19.5 Å². The molecule has 0 saturated carbocycles. The number of aryl methyl sites for hydroxylation is 2. The summed E-state index contributed by atoms with van der Waals surface area (Å²) in [5, 5.41) is 2.73. The van der Waals surface area contributed by atoms with E-state index in [1.54, 1.807) is 31.6 Å². The Balaban J connectivity index is 1.91. The average Bonchev–Trinajstić information content (AvgIpc) is 3.11. The summed E-state index contributed by atoms with van der Waals surface area (Å²) in [7, 11) is -2.48. The van der Waals surface area contributed by atoms with E-state index in [0.717, 1.165) is 12.1 Å². The first-order valence-corrected chi connectivity index (χ1v) is 9.72. The Morgan fingerprint density at radius 3 is 2.81 bits per heavy atom. The third-order valence-electron chi connectivity index (χ3n) is 3.79. The number of sulfonamides is 1. The fourth-order valence-corrected chi connectivity index (χ4v) is 3.85. The fraction of sp³-hybridized carbons (Fsp3) is 0.412. The van der Waals surface area contributed by atoms with E-state index in [0.29, 0.717) is 13.0 Å². The number of amides is 1. The van der Waals surface area contributed by atoms with Crippen molar-refractivity contribution in [3.8, 4) is 5.75 Å². The number of benzene rings is 1. The summed E-state index contributed by atoms with van der Waals surface area (Å²) in [5.74, 6) is -0.151. The molecule has 1 atom stereocenters. The van der Waals surface area contributed by atoms with E-state index in [1.807, 2.05) is 10.8 Å². The summed E-state index contributed by atoms with van der Waals surface area (Å²) < 4.78 is 34.6. The molecule has 0 radical (unpaired) electrons. The van der Waals surface area contributed by atoms with Gasteiger partial charge < -0.3 is 14.6 Å². The molecule has 0 aliphatic heterocycles. The van der Waals surface area contributed by atoms with Crippen LogP contribution in [0.5, 0.6) is 5.75 Å². The standard InChI is InChI=1S/C17H24N4O4S/c1-13-5-6-15(25-3)16(11-13)26(23,24)20-14(2)17(22)19-7-4-9-21-10-8-18-12-21/h5-6,8,10-12,14,20H,4,7,9H2,1-3H3,(H,19,22)/t14-/m1/s1. The maximum Gasteiger partial charge on any atom is 0.244 e. The molecule has 2 N–H and O–H groups in total. The van der Waals surface area contributed by atoms with Crippen LogP contribution in [0.2, 0.25) is 0 Å². The number of methoxy groups -OCH3 is 1. The number of ether oxygens (including phenoxy) is 1. The molecule has 0 aliphatic rings. The Hall–Kier alpha value is -2.39. The highest BCUT2D eigenvalue weighted by Gasteiger charge is 2.25. The monoisotopic (exact) mass is 380 g/mol. The van der Waals surface area contributed by atoms with Crippen LogP contribution >= 0.6 is 0 Å². The Bertz CT molecular complexity index is 834. The first kappa shape index (κ1) is 19.9. The fourth-order valence-electron chi connectivity index (χ4n) is 2.39. The molecule has 0 aliphatic carbocycles. The molecule has 0 unspecified atom stereocenters. The molecule has 142 valence electrons. The molecule has 1 aromatic heterocycles. The normalized spacial score (nSPS) is 12.6. The van der Waals surface area contributed by atoms with Crippen LogP contribution in [-0.4, -0.2) is 43.6 Å². The zero-order valence-electron chi connectivity index (χ0n) is 15.1. The third kappa shape index (κ3) is 5.30. The van der Waals surface area contributed by atoms with E-state index in [9.17, 15) is 13.2 Å². The number of nitrogens with one attached hydrogen (secondary N) is 2. The summed E-state index contributed by atoms with van der Waals surface area (Å²) in [6.07, 6.45) is 5.95. The van der Waals surface area contributed by atoms with E-state index < -0.39 is 16.1 Å². The molecular formula is C17H24N4O4S. The van der Waals surface area contributed by atoms with Crippen molar-refractivity contribution >= 4 is 15.9 Å². The summed E-state index contributed by atoms with van der Waals surface area (Å²) in [6, 6.07) is 3.95. The molecule has 0 saturated heterocycles. The Kier molecular flexibility index (Phi) is 6.76. The van der Waals surface area contributed by atoms with Crippen molar-refractivity contribution in [2.45, 2.75) is 37.8 Å². The first-order valence-electron chi connectivity index (χ1n) is 8.24. The molecule has 1 heterocycles. The van der Waals surface area contributed by atoms with E-state index in [1.165, 1.54) is 20.1 Å². The molecular weight excluding hydrogens is 356 g/mol. The molecule has 26 heavy (non-hydrogen) atoms. The molecule has 0 bridgehead atoms. The predicted molar refractivity (Wildman–Crippen MR) is 97.4 cm³/mol. The van der Waals surface area contributed by atoms with Crippen molar-refractivity contribution in [2.24, 2.45) is 0 Å². The van der Waals surface area contributed by atoms with Gasteiger partial charge >= 0.3 is 0 Å². The number of hydrogen-bond donors (Lipinski definition) is 2. The van der Waals surface area contributed by atoms with Crippen molar-refractivity contribution in [1.82, 2.24) is 19.6 Å². The van der Waals surface area contributed by atoms with Gasteiger partial charge in [0.2, 0.25) is 15.9 Å². The minimum Gasteiger partial charge on any atom is -0.495 e. The van der Waals surface area contributed by atoms with Gasteiger partial charge in [-0.3, -0.25) is 4.79 Å². The average molecular weight is 380 g/mol. The minimum absolute atomic E-state index is 0.0137. The second kappa shape index (κ2) is 8.81. The Labute approximate surface area is 153 Å². The van der Waals surface area contributed by atoms with E-state index >= 15 is 0 Å². The highest BCUT2D eigenvalue weighted by atomic mass is 32.2. The first-order chi connectivity index (χ1) is 12.3. The van der Waals surface area contributed by atoms with Gasteiger partial charge in [-0.05, 0) is 38.0 Å². The van der Waals surface area contributed by atoms with Gasteiger partial charge in [-0.2, -0.15) is 4.72 Å². The van der Waals surface area contributed by atoms with Crippen LogP contribution in [0.25, 0.3) is 0 Å². The topological polar surface area (TPSA) is 102 Å². The highest BCUT2D eigenvalue weighted by molar-refractivity contribution is 7.89. The lowest BCUT2D eigenvalue weighted by molar-refractivity contribution is -0.122. The van der Waals surface area contributed by atoms with Crippen LogP contribution in [0.3, 0.4) is 0 Å². The molecule has 2 rings (SSSR count). The van der Waals surface area contributed by atoms with Crippen molar-refractivity contribution in [1.29, 1.82) is 0 Å². The van der Waals surface area contributed by atoms with Crippen molar-refractivity contribution in [3.05, 3.63) is 42.5 Å². The molecule has 2 aromatic rings. The van der Waals surface area contributed by atoms with Crippen LogP contribution in [0.4, 0.5) is 0 Å². The number of imidazole rings is 1. The minimum atomic E-state index is -3.88. The van der Waals surface area contributed by atoms with Crippen LogP contribution < -0.4 is 14.8 Å². The largest absolute Gasteiger partial charge is 0.495 e. The summed E-state index contributed by atoms with van der Waals surface area (Å²) >= 11 is 0. The van der Waals surface area contributed by atoms with E-state index in [2.05, 4.69) is 15.0 Å². The molecule has 9 heteroatoms. The summed E-state index contributed by atoms with van der Waals surface area (Å²) in [4.78, 5) is 16.1. The Morgan fingerprint density at radius 2 is 2.15 bits per heavy atom. The van der Waals surface area contributed by atoms with Crippen molar-refractivity contribution < 1.29 is 17.9 Å². The van der Waals surface area contributed by atoms with Crippen molar-refractivity contribution in [3.63, 3.8) is 0 Å². The number of carbonyl (C=O) groups excluding carboxylic acids is 1. The van der Waals surface area contributed by atoms with Gasteiger partial charge in [0.15, 0.2) is 0 Å². The maximum atomic E-state index is 12.6. The van der Waals surface area contributed by atoms with Crippen LogP contribution in [0.1, 0.15) is 18.9 Å². The molecule has 0 spiro atoms. The number of nitrogens with zero attached hydrogens (tertiary/aromatic N) is 2. The summed E-state index contributed by atoms with van der Waals surface area (Å²) in [6.45, 7) is 4.46. The zero-order valence-corrected chi connectivity index (χ0v) is 15.9. The second-order valence-electron chi connectivity index (χ2n) is 5.94. The summed E-state index contributed by atoms with van der Waals surface area (Å²) in [5.41, 5.74) is 0.780. The molecule has 1 aromatic carbocycles. The lowest BCUT2D eigenvalue weighted by atomic mass is 10.2. The Morgan fingerprint density at radius 1 is 1.38 bits per heavy atom. The predicted octanol–water partition coefficient (Wildman–Crippen LogP) is 1.07. The highest BCUT2D eigenvalue weighted by Crippen LogP contribution is 2.24. The smallest absolute Gasteiger partial charge is 0.244 e. The zero-order chi connectivity index (χ0) is 19.2. The van der Waals surface area contributed by atoms with Crippen LogP contribution in [-0.2, 0) is 21.4 Å². The van der Waals surface area contributed by atoms with E-state index in [4.69, 9.17) is 4.74 Å². The van der Waals surface area contributed by atoms with Crippen molar-refractivity contribution in [2.75, 3.05) is 13.7 Å². The third-order valence-corrected chi connectivity index (χ3v) is 5.35.